The van der Waals surface area contributed by atoms with Gasteiger partial charge in [-0.25, -0.2) is 0 Å². The van der Waals surface area contributed by atoms with Gasteiger partial charge < -0.3 is 14.6 Å². The van der Waals surface area contributed by atoms with Crippen LogP contribution in [-0.2, 0) is 17.8 Å². The number of carbonyl (C=O) groups excluding carboxylic acids is 2. The summed E-state index contributed by atoms with van der Waals surface area (Å²) in [5.41, 5.74) is 3.45. The second-order valence-electron chi connectivity index (χ2n) is 8.49. The predicted molar refractivity (Wildman–Crippen MR) is 130 cm³/mol. The van der Waals surface area contributed by atoms with Gasteiger partial charge in [-0.15, -0.1) is 0 Å². The van der Waals surface area contributed by atoms with Crippen molar-refractivity contribution < 1.29 is 14.0 Å². The van der Waals surface area contributed by atoms with E-state index in [4.69, 9.17) is 4.42 Å². The zero-order chi connectivity index (χ0) is 23.3. The zero-order valence-electron chi connectivity index (χ0n) is 18.8. The number of fused-ring (bicyclic) bond motifs is 1. The number of hydrogen-bond acceptors (Lipinski definition) is 5. The number of nitrogens with zero attached hydrogens (tertiary/aromatic N) is 3. The number of para-hydroxylation sites is 1. The summed E-state index contributed by atoms with van der Waals surface area (Å²) >= 11 is 0. The summed E-state index contributed by atoms with van der Waals surface area (Å²) in [5.74, 6) is 0.0902. The molecule has 2 aromatic heterocycles. The number of anilines is 1. The van der Waals surface area contributed by atoms with Gasteiger partial charge in [0.15, 0.2) is 5.76 Å². The molecule has 7 nitrogen and oxygen atoms in total. The molecule has 0 atom stereocenters. The summed E-state index contributed by atoms with van der Waals surface area (Å²) in [6.45, 7) is 4.02. The topological polar surface area (TPSA) is 78.7 Å². The summed E-state index contributed by atoms with van der Waals surface area (Å²) in [5, 5.41) is 3.74. The molecule has 4 aromatic rings. The molecule has 0 radical (unpaired) electrons. The van der Waals surface area contributed by atoms with Crippen molar-refractivity contribution in [1.29, 1.82) is 0 Å². The molecule has 1 saturated heterocycles. The lowest BCUT2D eigenvalue weighted by Crippen LogP contribution is -2.48. The fraction of sp³-hybridized carbons (Fsp3) is 0.222. The minimum Gasteiger partial charge on any atom is -0.451 e. The van der Waals surface area contributed by atoms with Crippen LogP contribution in [0.25, 0.3) is 11.0 Å². The average Bonchev–Trinajstić information content (AvgIpc) is 3.31. The van der Waals surface area contributed by atoms with E-state index < -0.39 is 0 Å². The number of pyridine rings is 1. The Hall–Kier alpha value is -3.97. The minimum absolute atomic E-state index is 0.125. The van der Waals surface area contributed by atoms with Crippen LogP contribution < -0.4 is 5.32 Å². The molecule has 1 aliphatic heterocycles. The number of benzene rings is 2. The number of aromatic nitrogens is 1. The maximum Gasteiger partial charge on any atom is 0.291 e. The quantitative estimate of drug-likeness (QED) is 0.477. The maximum atomic E-state index is 12.8. The molecule has 172 valence electrons. The number of nitrogens with one attached hydrogen (secondary N) is 1. The summed E-state index contributed by atoms with van der Waals surface area (Å²) in [6, 6.07) is 20.7. The van der Waals surface area contributed by atoms with Gasteiger partial charge in [0.25, 0.3) is 5.91 Å². The molecule has 0 unspecified atom stereocenters. The van der Waals surface area contributed by atoms with Crippen LogP contribution in [0.5, 0.6) is 0 Å². The lowest BCUT2D eigenvalue weighted by molar-refractivity contribution is -0.132. The Kier molecular flexibility index (Phi) is 6.35. The molecular weight excluding hydrogens is 428 g/mol. The van der Waals surface area contributed by atoms with Crippen LogP contribution in [0.15, 0.2) is 83.5 Å². The molecule has 0 saturated carbocycles. The normalized spacial score (nSPS) is 14.3. The predicted octanol–water partition coefficient (Wildman–Crippen LogP) is 3.97. The highest BCUT2D eigenvalue weighted by molar-refractivity contribution is 6.04. The van der Waals surface area contributed by atoms with Crippen LogP contribution in [0.1, 0.15) is 21.7 Å². The van der Waals surface area contributed by atoms with Crippen molar-refractivity contribution in [1.82, 2.24) is 14.8 Å². The van der Waals surface area contributed by atoms with Crippen LogP contribution in [0.4, 0.5) is 5.69 Å². The molecule has 0 bridgehead atoms. The number of piperazine rings is 1. The van der Waals surface area contributed by atoms with E-state index in [1.807, 2.05) is 65.7 Å². The van der Waals surface area contributed by atoms with Gasteiger partial charge in [0.2, 0.25) is 5.91 Å². The monoisotopic (exact) mass is 454 g/mol. The number of amides is 2. The highest BCUT2D eigenvalue weighted by Crippen LogP contribution is 2.20. The van der Waals surface area contributed by atoms with Crippen LogP contribution in [0, 0.1) is 0 Å². The second kappa shape index (κ2) is 9.89. The molecule has 5 rings (SSSR count). The Morgan fingerprint density at radius 1 is 0.912 bits per heavy atom. The van der Waals surface area contributed by atoms with Crippen molar-refractivity contribution in [3.8, 4) is 0 Å². The molecule has 1 aliphatic rings. The van der Waals surface area contributed by atoms with Crippen LogP contribution in [0.3, 0.4) is 0 Å². The maximum absolute atomic E-state index is 12.8. The van der Waals surface area contributed by atoms with Crippen LogP contribution in [0.2, 0.25) is 0 Å². The molecule has 0 spiro atoms. The van der Waals surface area contributed by atoms with E-state index in [1.54, 1.807) is 12.3 Å². The molecule has 1 N–H and O–H groups in total. The van der Waals surface area contributed by atoms with Crippen LogP contribution >= 0.6 is 0 Å². The third-order valence-electron chi connectivity index (χ3n) is 6.07. The molecular formula is C27H26N4O3. The lowest BCUT2D eigenvalue weighted by atomic mass is 10.1. The van der Waals surface area contributed by atoms with Gasteiger partial charge >= 0.3 is 0 Å². The van der Waals surface area contributed by atoms with E-state index in [0.717, 1.165) is 43.7 Å². The second-order valence-corrected chi connectivity index (χ2v) is 8.49. The standard InChI is InChI=1S/C27H26N4O3/c32-26(31-14-12-30(13-15-31)19-21-4-3-11-28-18-21)16-20-7-9-23(10-8-20)29-27(33)25-17-22-5-1-2-6-24(22)34-25/h1-11,17-18H,12-16,19H2,(H,29,33). The van der Waals surface area contributed by atoms with Gasteiger partial charge in [0, 0.05) is 56.2 Å². The first-order valence-corrected chi connectivity index (χ1v) is 11.4. The molecule has 0 aliphatic carbocycles. The van der Waals surface area contributed by atoms with E-state index >= 15 is 0 Å². The Labute approximate surface area is 198 Å². The highest BCUT2D eigenvalue weighted by Gasteiger charge is 2.21. The molecule has 2 amide bonds. The van der Waals surface area contributed by atoms with E-state index in [9.17, 15) is 9.59 Å². The van der Waals surface area contributed by atoms with Gasteiger partial charge in [-0.1, -0.05) is 36.4 Å². The minimum atomic E-state index is -0.302. The number of furan rings is 1. The van der Waals surface area contributed by atoms with Crippen LogP contribution in [-0.4, -0.2) is 52.8 Å². The molecule has 2 aromatic carbocycles. The van der Waals surface area contributed by atoms with Crippen molar-refractivity contribution in [2.24, 2.45) is 0 Å². The molecule has 34 heavy (non-hydrogen) atoms. The summed E-state index contributed by atoms with van der Waals surface area (Å²) < 4.78 is 5.62. The van der Waals surface area contributed by atoms with Gasteiger partial charge in [0.1, 0.15) is 5.58 Å². The lowest BCUT2D eigenvalue weighted by Gasteiger charge is -2.34. The largest absolute Gasteiger partial charge is 0.451 e. The van der Waals surface area contributed by atoms with Crippen molar-refractivity contribution in [3.63, 3.8) is 0 Å². The first-order chi connectivity index (χ1) is 16.6. The smallest absolute Gasteiger partial charge is 0.291 e. The highest BCUT2D eigenvalue weighted by atomic mass is 16.3. The Morgan fingerprint density at radius 3 is 2.44 bits per heavy atom. The Balaban J connectivity index is 1.11. The van der Waals surface area contributed by atoms with E-state index in [1.165, 1.54) is 5.56 Å². The Bertz CT molecular complexity index is 1240. The van der Waals surface area contributed by atoms with Crippen molar-refractivity contribution in [3.05, 3.63) is 96.0 Å². The molecule has 3 heterocycles. The third kappa shape index (κ3) is 5.15. The first kappa shape index (κ1) is 21.9. The fourth-order valence-corrected chi connectivity index (χ4v) is 4.18. The van der Waals surface area contributed by atoms with Crippen molar-refractivity contribution in [2.75, 3.05) is 31.5 Å². The van der Waals surface area contributed by atoms with Crippen molar-refractivity contribution in [2.45, 2.75) is 13.0 Å². The number of carbonyl (C=O) groups is 2. The summed E-state index contributed by atoms with van der Waals surface area (Å²) in [4.78, 5) is 33.7. The van der Waals surface area contributed by atoms with E-state index in [2.05, 4.69) is 21.3 Å². The number of rotatable bonds is 6. The summed E-state index contributed by atoms with van der Waals surface area (Å²) in [6.07, 6.45) is 4.02. The van der Waals surface area contributed by atoms with E-state index in [-0.39, 0.29) is 17.6 Å². The summed E-state index contributed by atoms with van der Waals surface area (Å²) in [7, 11) is 0. The van der Waals surface area contributed by atoms with E-state index in [0.29, 0.717) is 17.7 Å². The van der Waals surface area contributed by atoms with Gasteiger partial charge in [-0.05, 0) is 41.5 Å². The molecule has 7 heteroatoms. The van der Waals surface area contributed by atoms with Crippen molar-refractivity contribution >= 4 is 28.5 Å². The first-order valence-electron chi connectivity index (χ1n) is 11.4. The zero-order valence-corrected chi connectivity index (χ0v) is 18.8. The Morgan fingerprint density at radius 2 is 1.71 bits per heavy atom. The van der Waals surface area contributed by atoms with Gasteiger partial charge in [-0.3, -0.25) is 19.5 Å². The SMILES string of the molecule is O=C(Nc1ccc(CC(=O)N2CCN(Cc3cccnc3)CC2)cc1)c1cc2ccccc2o1. The van der Waals surface area contributed by atoms with Gasteiger partial charge in [-0.2, -0.15) is 0 Å². The molecule has 1 fully saturated rings. The van der Waals surface area contributed by atoms with Gasteiger partial charge in [0.05, 0.1) is 6.42 Å². The fourth-order valence-electron chi connectivity index (χ4n) is 4.18. The third-order valence-corrected chi connectivity index (χ3v) is 6.07. The average molecular weight is 455 g/mol. The number of hydrogen-bond donors (Lipinski definition) is 1.